The Labute approximate surface area is 130 Å². The molecular weight excluding hydrogens is 284 g/mol. The molecule has 2 saturated carbocycles. The molecule has 1 spiro atoms. The first-order valence-electron chi connectivity index (χ1n) is 8.41. The second-order valence-corrected chi connectivity index (χ2v) is 7.58. The number of carboxylic acids is 1. The van der Waals surface area contributed by atoms with E-state index in [1.807, 2.05) is 11.8 Å². The molecule has 0 radical (unpaired) electrons. The molecule has 2 saturated heterocycles. The number of carbonyl (C=O) groups excluding carboxylic acids is 1. The smallest absolute Gasteiger partial charge is 0.409 e. The van der Waals surface area contributed by atoms with E-state index < -0.39 is 5.97 Å². The Kier molecular flexibility index (Phi) is 3.15. The largest absolute Gasteiger partial charge is 0.481 e. The van der Waals surface area contributed by atoms with Gasteiger partial charge in [0.25, 0.3) is 0 Å². The van der Waals surface area contributed by atoms with Gasteiger partial charge in [0.2, 0.25) is 0 Å². The number of piperidine rings is 1. The number of hydrogen-bond donors (Lipinski definition) is 1. The Morgan fingerprint density at radius 2 is 1.95 bits per heavy atom. The van der Waals surface area contributed by atoms with Crippen molar-refractivity contribution in [2.24, 2.45) is 23.2 Å². The van der Waals surface area contributed by atoms with Crippen molar-refractivity contribution in [3.8, 4) is 0 Å². The molecule has 3 atom stereocenters. The Bertz CT molecular complexity index is 490. The first-order chi connectivity index (χ1) is 10.5. The molecule has 4 fully saturated rings. The summed E-state index contributed by atoms with van der Waals surface area (Å²) in [5.74, 6) is 0.110. The zero-order valence-corrected chi connectivity index (χ0v) is 13.0. The van der Waals surface area contributed by atoms with Gasteiger partial charge in [0.15, 0.2) is 0 Å². The molecule has 2 aliphatic heterocycles. The van der Waals surface area contributed by atoms with E-state index in [-0.39, 0.29) is 12.0 Å². The van der Waals surface area contributed by atoms with E-state index in [2.05, 4.69) is 4.90 Å². The summed E-state index contributed by atoms with van der Waals surface area (Å²) in [6, 6.07) is 0.601. The molecule has 22 heavy (non-hydrogen) atoms. The van der Waals surface area contributed by atoms with Gasteiger partial charge in [-0.1, -0.05) is 0 Å². The molecule has 4 rings (SSSR count). The predicted molar refractivity (Wildman–Crippen MR) is 78.3 cm³/mol. The lowest BCUT2D eigenvalue weighted by Gasteiger charge is -2.49. The maximum absolute atomic E-state index is 11.8. The first kappa shape index (κ1) is 14.3. The lowest BCUT2D eigenvalue weighted by atomic mass is 9.64. The lowest BCUT2D eigenvalue weighted by Crippen LogP contribution is -2.52. The van der Waals surface area contributed by atoms with Crippen molar-refractivity contribution < 1.29 is 19.4 Å². The number of carboxylic acid groups (broad SMARTS) is 1. The van der Waals surface area contributed by atoms with E-state index in [1.54, 1.807) is 0 Å². The number of carbonyl (C=O) groups is 2. The first-order valence-corrected chi connectivity index (χ1v) is 8.41. The van der Waals surface area contributed by atoms with Gasteiger partial charge in [-0.25, -0.2) is 4.79 Å². The highest BCUT2D eigenvalue weighted by atomic mass is 16.6. The van der Waals surface area contributed by atoms with E-state index >= 15 is 0 Å². The molecule has 0 unspecified atom stereocenters. The van der Waals surface area contributed by atoms with Gasteiger partial charge < -0.3 is 14.7 Å². The number of likely N-dealkylation sites (tertiary alicyclic amines) is 2. The average Bonchev–Trinajstić information content (AvgIpc) is 2.83. The van der Waals surface area contributed by atoms with Gasteiger partial charge in [-0.2, -0.15) is 0 Å². The molecule has 6 nitrogen and oxygen atoms in total. The summed E-state index contributed by atoms with van der Waals surface area (Å²) < 4.78 is 5.09. The van der Waals surface area contributed by atoms with E-state index in [4.69, 9.17) is 9.84 Å². The number of ether oxygens (including phenoxy) is 1. The second kappa shape index (κ2) is 4.85. The van der Waals surface area contributed by atoms with Crippen molar-refractivity contribution in [3.63, 3.8) is 0 Å². The zero-order valence-electron chi connectivity index (χ0n) is 13.0. The number of hydrogen-bond acceptors (Lipinski definition) is 4. The van der Waals surface area contributed by atoms with Gasteiger partial charge in [-0.05, 0) is 43.4 Å². The van der Waals surface area contributed by atoms with E-state index in [1.165, 1.54) is 0 Å². The van der Waals surface area contributed by atoms with Crippen molar-refractivity contribution in [2.45, 2.75) is 32.2 Å². The third-order valence-corrected chi connectivity index (χ3v) is 6.33. The summed E-state index contributed by atoms with van der Waals surface area (Å²) in [4.78, 5) is 27.2. The van der Waals surface area contributed by atoms with Gasteiger partial charge in [-0.3, -0.25) is 9.69 Å². The summed E-state index contributed by atoms with van der Waals surface area (Å²) in [5, 5.41) is 9.08. The van der Waals surface area contributed by atoms with Crippen LogP contribution in [-0.4, -0.2) is 65.8 Å². The summed E-state index contributed by atoms with van der Waals surface area (Å²) in [6.45, 7) is 5.85. The van der Waals surface area contributed by atoms with Crippen LogP contribution in [0.2, 0.25) is 0 Å². The minimum atomic E-state index is -0.611. The van der Waals surface area contributed by atoms with Crippen molar-refractivity contribution in [1.29, 1.82) is 0 Å². The number of nitrogens with zero attached hydrogens (tertiary/aromatic N) is 2. The Morgan fingerprint density at radius 3 is 2.55 bits per heavy atom. The SMILES string of the molecule is CCOC(=O)N1CCC2(CC(N3C[C@@H]4[C@H](C3)[C@@H]4C(=O)O)C2)C1. The predicted octanol–water partition coefficient (Wildman–Crippen LogP) is 1.26. The standard InChI is InChI=1S/C16H24N2O4/c1-2-22-15(21)17-4-3-16(9-17)5-10(6-16)18-7-11-12(8-18)13(11)14(19)20/h10-13H,2-9H2,1H3,(H,19,20)/t10?,11-,12+,13-,16?. The van der Waals surface area contributed by atoms with E-state index in [9.17, 15) is 9.59 Å². The Hall–Kier alpha value is -1.30. The van der Waals surface area contributed by atoms with Gasteiger partial charge >= 0.3 is 12.1 Å². The fraction of sp³-hybridized carbons (Fsp3) is 0.875. The van der Waals surface area contributed by atoms with Crippen LogP contribution in [0.4, 0.5) is 4.79 Å². The van der Waals surface area contributed by atoms with Crippen molar-refractivity contribution in [3.05, 3.63) is 0 Å². The maximum atomic E-state index is 11.8. The number of amides is 1. The minimum Gasteiger partial charge on any atom is -0.481 e. The maximum Gasteiger partial charge on any atom is 0.409 e. The van der Waals surface area contributed by atoms with Crippen LogP contribution in [0.1, 0.15) is 26.2 Å². The molecule has 2 heterocycles. The molecule has 0 aromatic heterocycles. The molecule has 122 valence electrons. The number of rotatable bonds is 3. The van der Waals surface area contributed by atoms with Gasteiger partial charge in [0.05, 0.1) is 12.5 Å². The summed E-state index contributed by atoms with van der Waals surface area (Å²) in [7, 11) is 0. The molecule has 2 aliphatic carbocycles. The van der Waals surface area contributed by atoms with Crippen molar-refractivity contribution >= 4 is 12.1 Å². The van der Waals surface area contributed by atoms with Crippen LogP contribution in [0.3, 0.4) is 0 Å². The molecule has 1 amide bonds. The highest BCUT2D eigenvalue weighted by Crippen LogP contribution is 2.56. The van der Waals surface area contributed by atoms with Gasteiger partial charge in [0.1, 0.15) is 0 Å². The Morgan fingerprint density at radius 1 is 1.27 bits per heavy atom. The van der Waals surface area contributed by atoms with Crippen LogP contribution in [0, 0.1) is 23.2 Å². The van der Waals surface area contributed by atoms with Crippen LogP contribution in [0.15, 0.2) is 0 Å². The van der Waals surface area contributed by atoms with Crippen molar-refractivity contribution in [1.82, 2.24) is 9.80 Å². The molecular formula is C16H24N2O4. The van der Waals surface area contributed by atoms with Gasteiger partial charge in [0, 0.05) is 32.2 Å². The highest BCUT2D eigenvalue weighted by Gasteiger charge is 2.62. The molecule has 0 aromatic carbocycles. The van der Waals surface area contributed by atoms with Crippen LogP contribution in [-0.2, 0) is 9.53 Å². The topological polar surface area (TPSA) is 70.1 Å². The number of fused-ring (bicyclic) bond motifs is 1. The van der Waals surface area contributed by atoms with E-state index in [0.717, 1.165) is 45.4 Å². The normalized spacial score (nSPS) is 43.0. The third-order valence-electron chi connectivity index (χ3n) is 6.33. The molecule has 0 bridgehead atoms. The quantitative estimate of drug-likeness (QED) is 0.850. The highest BCUT2D eigenvalue weighted by molar-refractivity contribution is 5.74. The second-order valence-electron chi connectivity index (χ2n) is 7.58. The van der Waals surface area contributed by atoms with Gasteiger partial charge in [-0.15, -0.1) is 0 Å². The number of aliphatic carboxylic acids is 1. The lowest BCUT2D eigenvalue weighted by molar-refractivity contribution is -0.139. The molecule has 6 heteroatoms. The van der Waals surface area contributed by atoms with Crippen LogP contribution in [0.5, 0.6) is 0 Å². The summed E-state index contributed by atoms with van der Waals surface area (Å²) in [6.07, 6.45) is 3.22. The molecule has 0 aromatic rings. The van der Waals surface area contributed by atoms with Crippen LogP contribution in [0.25, 0.3) is 0 Å². The monoisotopic (exact) mass is 308 g/mol. The average molecular weight is 308 g/mol. The van der Waals surface area contributed by atoms with Crippen LogP contribution < -0.4 is 0 Å². The minimum absolute atomic E-state index is 0.0731. The zero-order chi connectivity index (χ0) is 15.5. The fourth-order valence-corrected chi connectivity index (χ4v) is 5.06. The third kappa shape index (κ3) is 2.11. The fourth-order valence-electron chi connectivity index (χ4n) is 5.06. The molecule has 4 aliphatic rings. The summed E-state index contributed by atoms with van der Waals surface area (Å²) in [5.41, 5.74) is 0.302. The van der Waals surface area contributed by atoms with Crippen LogP contribution >= 0.6 is 0 Å². The van der Waals surface area contributed by atoms with E-state index in [0.29, 0.717) is 29.9 Å². The molecule has 1 N–H and O–H groups in total. The summed E-state index contributed by atoms with van der Waals surface area (Å²) >= 11 is 0. The van der Waals surface area contributed by atoms with Crippen molar-refractivity contribution in [2.75, 3.05) is 32.8 Å². The Balaban J connectivity index is 1.26.